The Balaban J connectivity index is 1.42. The number of benzene rings is 2. The number of nitrogens with one attached hydrogen (secondary N) is 2. The van der Waals surface area contributed by atoms with Gasteiger partial charge in [0.2, 0.25) is 5.88 Å². The van der Waals surface area contributed by atoms with Gasteiger partial charge in [-0.25, -0.2) is 23.8 Å². The summed E-state index contributed by atoms with van der Waals surface area (Å²) in [7, 11) is 0. The summed E-state index contributed by atoms with van der Waals surface area (Å²) in [5.74, 6) is 0.982. The van der Waals surface area contributed by atoms with Gasteiger partial charge >= 0.3 is 6.03 Å². The molecular weight excluding hydrogens is 411 g/mol. The van der Waals surface area contributed by atoms with Gasteiger partial charge in [0.05, 0.1) is 11.4 Å². The second kappa shape index (κ2) is 8.84. The Morgan fingerprint density at radius 3 is 2.44 bits per heavy atom. The topological polar surface area (TPSA) is 94.0 Å². The maximum atomic E-state index is 13.7. The molecule has 4 aromatic rings. The number of anilines is 2. The number of para-hydroxylation sites is 1. The molecule has 162 valence electrons. The molecule has 2 aromatic heterocycles. The lowest BCUT2D eigenvalue weighted by Crippen LogP contribution is -2.20. The molecule has 2 heterocycles. The zero-order chi connectivity index (χ0) is 22.7. The lowest BCUT2D eigenvalue weighted by Gasteiger charge is -2.10. The van der Waals surface area contributed by atoms with Gasteiger partial charge < -0.3 is 15.4 Å². The third-order valence-electron chi connectivity index (χ3n) is 4.95. The molecule has 0 bridgehead atoms. The van der Waals surface area contributed by atoms with Crippen molar-refractivity contribution >= 4 is 17.4 Å². The molecule has 0 spiro atoms. The van der Waals surface area contributed by atoms with E-state index in [1.807, 2.05) is 20.8 Å². The molecule has 2 N–H and O–H groups in total. The molecule has 9 heteroatoms. The van der Waals surface area contributed by atoms with E-state index in [-0.39, 0.29) is 5.69 Å². The summed E-state index contributed by atoms with van der Waals surface area (Å²) in [6.45, 7) is 5.94. The fourth-order valence-corrected chi connectivity index (χ4v) is 3.02. The predicted molar refractivity (Wildman–Crippen MR) is 119 cm³/mol. The molecule has 0 aliphatic rings. The lowest BCUT2D eigenvalue weighted by molar-refractivity contribution is 0.262. The van der Waals surface area contributed by atoms with Crippen LogP contribution in [0.2, 0.25) is 0 Å². The first-order valence-electron chi connectivity index (χ1n) is 9.86. The van der Waals surface area contributed by atoms with E-state index in [4.69, 9.17) is 4.74 Å². The van der Waals surface area contributed by atoms with Crippen LogP contribution in [0, 0.1) is 26.6 Å². The van der Waals surface area contributed by atoms with E-state index in [1.54, 1.807) is 47.1 Å². The van der Waals surface area contributed by atoms with E-state index in [9.17, 15) is 9.18 Å². The number of halogens is 1. The summed E-state index contributed by atoms with van der Waals surface area (Å²) in [5.41, 5.74) is 3.66. The van der Waals surface area contributed by atoms with E-state index >= 15 is 0 Å². The van der Waals surface area contributed by atoms with Gasteiger partial charge in [-0.05, 0) is 62.7 Å². The zero-order valence-electron chi connectivity index (χ0n) is 17.8. The number of hydrogen-bond acceptors (Lipinski definition) is 5. The van der Waals surface area contributed by atoms with Gasteiger partial charge in [-0.1, -0.05) is 12.1 Å². The van der Waals surface area contributed by atoms with Crippen molar-refractivity contribution < 1.29 is 13.9 Å². The zero-order valence-corrected chi connectivity index (χ0v) is 17.8. The van der Waals surface area contributed by atoms with Crippen LogP contribution in [-0.4, -0.2) is 25.8 Å². The number of carbonyl (C=O) groups excluding carboxylic acids is 1. The van der Waals surface area contributed by atoms with Crippen LogP contribution < -0.4 is 15.4 Å². The van der Waals surface area contributed by atoms with E-state index in [1.165, 1.54) is 18.5 Å². The monoisotopic (exact) mass is 432 g/mol. The van der Waals surface area contributed by atoms with Crippen molar-refractivity contribution in [2.75, 3.05) is 10.6 Å². The Hall–Kier alpha value is -4.27. The Bertz CT molecular complexity index is 1270. The highest BCUT2D eigenvalue weighted by atomic mass is 19.1. The van der Waals surface area contributed by atoms with Crippen molar-refractivity contribution in [1.82, 2.24) is 19.7 Å². The maximum absolute atomic E-state index is 13.7. The minimum atomic E-state index is -0.551. The van der Waals surface area contributed by atoms with E-state index in [0.717, 1.165) is 17.0 Å². The van der Waals surface area contributed by atoms with Crippen molar-refractivity contribution in [1.29, 1.82) is 0 Å². The molecule has 2 aromatic carbocycles. The highest BCUT2D eigenvalue weighted by Crippen LogP contribution is 2.24. The second-order valence-corrected chi connectivity index (χ2v) is 7.11. The molecule has 0 saturated heterocycles. The summed E-state index contributed by atoms with van der Waals surface area (Å²) in [6.07, 6.45) is 1.42. The molecule has 0 fully saturated rings. The smallest absolute Gasteiger partial charge is 0.323 e. The Morgan fingerprint density at radius 2 is 1.75 bits per heavy atom. The van der Waals surface area contributed by atoms with E-state index < -0.39 is 11.8 Å². The van der Waals surface area contributed by atoms with Gasteiger partial charge in [0.1, 0.15) is 17.9 Å². The van der Waals surface area contributed by atoms with E-state index in [0.29, 0.717) is 23.1 Å². The number of aromatic nitrogens is 4. The van der Waals surface area contributed by atoms with Gasteiger partial charge in [0.15, 0.2) is 5.82 Å². The molecule has 0 saturated carbocycles. The Morgan fingerprint density at radius 1 is 1.00 bits per heavy atom. The molecule has 4 rings (SSSR count). The molecule has 0 aliphatic heterocycles. The van der Waals surface area contributed by atoms with Crippen molar-refractivity contribution in [2.45, 2.75) is 20.8 Å². The highest BCUT2D eigenvalue weighted by molar-refractivity contribution is 5.99. The second-order valence-electron chi connectivity index (χ2n) is 7.11. The molecule has 0 unspecified atom stereocenters. The average Bonchev–Trinajstić information content (AvgIpc) is 3.04. The number of amides is 2. The van der Waals surface area contributed by atoms with Crippen molar-refractivity contribution in [2.24, 2.45) is 0 Å². The minimum absolute atomic E-state index is 0.0994. The van der Waals surface area contributed by atoms with E-state index in [2.05, 4.69) is 25.7 Å². The molecule has 32 heavy (non-hydrogen) atoms. The largest absolute Gasteiger partial charge is 0.439 e. The number of hydrogen-bond donors (Lipinski definition) is 2. The van der Waals surface area contributed by atoms with Crippen LogP contribution in [0.1, 0.15) is 17.0 Å². The van der Waals surface area contributed by atoms with Crippen molar-refractivity contribution in [3.63, 3.8) is 0 Å². The molecule has 0 aliphatic carbocycles. The van der Waals surface area contributed by atoms with Crippen LogP contribution in [0.3, 0.4) is 0 Å². The predicted octanol–water partition coefficient (Wildman–Crippen LogP) is 5.16. The fraction of sp³-hybridized carbons (Fsp3) is 0.130. The van der Waals surface area contributed by atoms with Crippen molar-refractivity contribution in [3.05, 3.63) is 83.7 Å². The minimum Gasteiger partial charge on any atom is -0.439 e. The number of nitrogens with zero attached hydrogens (tertiary/aromatic N) is 4. The third-order valence-corrected chi connectivity index (χ3v) is 4.95. The van der Waals surface area contributed by atoms with Crippen molar-refractivity contribution in [3.8, 4) is 17.4 Å². The molecule has 0 atom stereocenters. The quantitative estimate of drug-likeness (QED) is 0.454. The van der Waals surface area contributed by atoms with Gasteiger partial charge in [-0.3, -0.25) is 0 Å². The van der Waals surface area contributed by atoms with Gasteiger partial charge in [-0.15, -0.1) is 0 Å². The summed E-state index contributed by atoms with van der Waals surface area (Å²) in [6, 6.07) is 13.8. The SMILES string of the molecule is Cc1nn(-c2cc(Oc3ccc(NC(=O)Nc4ccccc4F)cc3)ncn2)c(C)c1C. The molecule has 8 nitrogen and oxygen atoms in total. The first kappa shape index (κ1) is 21.0. The van der Waals surface area contributed by atoms with Crippen LogP contribution >= 0.6 is 0 Å². The summed E-state index contributed by atoms with van der Waals surface area (Å²) in [5, 5.41) is 9.61. The fourth-order valence-electron chi connectivity index (χ4n) is 3.02. The first-order chi connectivity index (χ1) is 15.4. The number of carbonyl (C=O) groups is 1. The lowest BCUT2D eigenvalue weighted by atomic mass is 10.2. The number of aryl methyl sites for hydroxylation is 1. The summed E-state index contributed by atoms with van der Waals surface area (Å²) in [4.78, 5) is 20.5. The molecule has 2 amide bonds. The third kappa shape index (κ3) is 4.56. The number of ether oxygens (including phenoxy) is 1. The van der Waals surface area contributed by atoms with Crippen LogP contribution in [0.25, 0.3) is 5.82 Å². The Labute approximate surface area is 184 Å². The molecular formula is C23H21FN6O2. The van der Waals surface area contributed by atoms with Crippen LogP contribution in [-0.2, 0) is 0 Å². The Kier molecular flexibility index (Phi) is 5.80. The van der Waals surface area contributed by atoms with Crippen LogP contribution in [0.5, 0.6) is 11.6 Å². The van der Waals surface area contributed by atoms with Crippen LogP contribution in [0.15, 0.2) is 60.9 Å². The number of urea groups is 1. The maximum Gasteiger partial charge on any atom is 0.323 e. The number of rotatable bonds is 5. The molecule has 0 radical (unpaired) electrons. The summed E-state index contributed by atoms with van der Waals surface area (Å²) < 4.78 is 21.2. The van der Waals surface area contributed by atoms with Gasteiger partial charge in [-0.2, -0.15) is 5.10 Å². The standard InChI is InChI=1S/C23H21FN6O2/c1-14-15(2)29-30(16(14)3)21-12-22(26-13-25-21)32-18-10-8-17(9-11-18)27-23(31)28-20-7-5-4-6-19(20)24/h4-13H,1-3H3,(H2,27,28,31). The van der Waals surface area contributed by atoms with Gasteiger partial charge in [0.25, 0.3) is 0 Å². The van der Waals surface area contributed by atoms with Crippen LogP contribution in [0.4, 0.5) is 20.6 Å². The van der Waals surface area contributed by atoms with Gasteiger partial charge in [0, 0.05) is 17.4 Å². The summed E-state index contributed by atoms with van der Waals surface area (Å²) >= 11 is 0. The average molecular weight is 432 g/mol. The highest BCUT2D eigenvalue weighted by Gasteiger charge is 2.12. The first-order valence-corrected chi connectivity index (χ1v) is 9.86. The normalized spacial score (nSPS) is 10.6.